The SMILES string of the molecule is CN1CCC(NC(=O)c2cc(F)ccc2Br)CC1. The van der Waals surface area contributed by atoms with Crippen molar-refractivity contribution in [3.8, 4) is 0 Å². The Morgan fingerprint density at radius 3 is 2.78 bits per heavy atom. The number of benzene rings is 1. The first-order valence-electron chi connectivity index (χ1n) is 6.00. The van der Waals surface area contributed by atoms with Crippen molar-refractivity contribution in [2.24, 2.45) is 0 Å². The van der Waals surface area contributed by atoms with E-state index in [0.29, 0.717) is 10.0 Å². The minimum absolute atomic E-state index is 0.184. The fraction of sp³-hybridized carbons (Fsp3) is 0.462. The van der Waals surface area contributed by atoms with Crippen LogP contribution in [-0.4, -0.2) is 37.0 Å². The van der Waals surface area contributed by atoms with Crippen LogP contribution in [0.3, 0.4) is 0 Å². The fourth-order valence-electron chi connectivity index (χ4n) is 2.09. The molecule has 0 aliphatic carbocycles. The van der Waals surface area contributed by atoms with Gasteiger partial charge in [-0.15, -0.1) is 0 Å². The van der Waals surface area contributed by atoms with Crippen LogP contribution in [0.2, 0.25) is 0 Å². The summed E-state index contributed by atoms with van der Waals surface area (Å²) < 4.78 is 13.7. The number of carbonyl (C=O) groups is 1. The number of hydrogen-bond acceptors (Lipinski definition) is 2. The van der Waals surface area contributed by atoms with Crippen LogP contribution in [0.1, 0.15) is 23.2 Å². The number of carbonyl (C=O) groups excluding carboxylic acids is 1. The van der Waals surface area contributed by atoms with Crippen molar-refractivity contribution in [2.45, 2.75) is 18.9 Å². The molecule has 0 aromatic heterocycles. The van der Waals surface area contributed by atoms with Crippen molar-refractivity contribution in [3.63, 3.8) is 0 Å². The number of halogens is 2. The molecule has 0 saturated carbocycles. The Labute approximate surface area is 114 Å². The fourth-order valence-corrected chi connectivity index (χ4v) is 2.51. The summed E-state index contributed by atoms with van der Waals surface area (Å²) in [6.45, 7) is 1.96. The minimum Gasteiger partial charge on any atom is -0.349 e. The summed E-state index contributed by atoms with van der Waals surface area (Å²) in [4.78, 5) is 14.3. The Kier molecular flexibility index (Phi) is 4.35. The Morgan fingerprint density at radius 2 is 2.11 bits per heavy atom. The summed E-state index contributed by atoms with van der Waals surface area (Å²) in [6.07, 6.45) is 1.88. The van der Waals surface area contributed by atoms with Crippen LogP contribution in [-0.2, 0) is 0 Å². The van der Waals surface area contributed by atoms with Crippen LogP contribution < -0.4 is 5.32 Å². The number of hydrogen-bond donors (Lipinski definition) is 1. The topological polar surface area (TPSA) is 32.3 Å². The van der Waals surface area contributed by atoms with E-state index >= 15 is 0 Å². The molecule has 1 aromatic carbocycles. The van der Waals surface area contributed by atoms with Gasteiger partial charge in [0.1, 0.15) is 5.82 Å². The first kappa shape index (κ1) is 13.5. The number of rotatable bonds is 2. The zero-order chi connectivity index (χ0) is 13.1. The molecule has 0 radical (unpaired) electrons. The molecule has 1 aliphatic heterocycles. The van der Waals surface area contributed by atoms with Gasteiger partial charge in [0.25, 0.3) is 5.91 Å². The zero-order valence-corrected chi connectivity index (χ0v) is 11.8. The Bertz CT molecular complexity index is 445. The molecule has 1 aliphatic rings. The van der Waals surface area contributed by atoms with Gasteiger partial charge in [0.15, 0.2) is 0 Å². The molecular weight excluding hydrogens is 299 g/mol. The van der Waals surface area contributed by atoms with E-state index in [4.69, 9.17) is 0 Å². The van der Waals surface area contributed by atoms with E-state index in [1.165, 1.54) is 12.1 Å². The summed E-state index contributed by atoms with van der Waals surface area (Å²) in [5.41, 5.74) is 0.355. The molecule has 3 nitrogen and oxygen atoms in total. The number of piperidine rings is 1. The molecule has 1 N–H and O–H groups in total. The highest BCUT2D eigenvalue weighted by atomic mass is 79.9. The third kappa shape index (κ3) is 3.29. The molecule has 98 valence electrons. The Hall–Kier alpha value is -0.940. The molecule has 5 heteroatoms. The lowest BCUT2D eigenvalue weighted by molar-refractivity contribution is 0.0915. The number of likely N-dealkylation sites (tertiary alicyclic amines) is 1. The van der Waals surface area contributed by atoms with Gasteiger partial charge in [-0.1, -0.05) is 0 Å². The minimum atomic E-state index is -0.397. The van der Waals surface area contributed by atoms with Gasteiger partial charge in [-0.25, -0.2) is 4.39 Å². The largest absolute Gasteiger partial charge is 0.349 e. The zero-order valence-electron chi connectivity index (χ0n) is 10.2. The standard InChI is InChI=1S/C13H16BrFN2O/c1-17-6-4-10(5-7-17)16-13(18)11-8-9(15)2-3-12(11)14/h2-3,8,10H,4-7H2,1H3,(H,16,18). The quantitative estimate of drug-likeness (QED) is 0.909. The molecule has 1 saturated heterocycles. The third-order valence-electron chi connectivity index (χ3n) is 3.23. The molecule has 0 atom stereocenters. The number of nitrogens with one attached hydrogen (secondary N) is 1. The molecule has 1 aromatic rings. The van der Waals surface area contributed by atoms with Gasteiger partial charge in [0.2, 0.25) is 0 Å². The maximum atomic E-state index is 13.1. The van der Waals surface area contributed by atoms with Crippen LogP contribution in [0, 0.1) is 5.82 Å². The van der Waals surface area contributed by atoms with Crippen molar-refractivity contribution in [3.05, 3.63) is 34.1 Å². The molecule has 2 rings (SSSR count). The van der Waals surface area contributed by atoms with Crippen LogP contribution in [0.5, 0.6) is 0 Å². The Morgan fingerprint density at radius 1 is 1.44 bits per heavy atom. The molecule has 0 spiro atoms. The number of amides is 1. The maximum Gasteiger partial charge on any atom is 0.252 e. The molecule has 18 heavy (non-hydrogen) atoms. The average molecular weight is 315 g/mol. The summed E-state index contributed by atoms with van der Waals surface area (Å²) in [6, 6.07) is 4.33. The van der Waals surface area contributed by atoms with Gasteiger partial charge in [0, 0.05) is 10.5 Å². The molecular formula is C13H16BrFN2O. The number of nitrogens with zero attached hydrogens (tertiary/aromatic N) is 1. The van der Waals surface area contributed by atoms with E-state index in [2.05, 4.69) is 33.2 Å². The summed E-state index contributed by atoms with van der Waals surface area (Å²) in [7, 11) is 2.07. The lowest BCUT2D eigenvalue weighted by Crippen LogP contribution is -2.43. The van der Waals surface area contributed by atoms with Gasteiger partial charge >= 0.3 is 0 Å². The Balaban J connectivity index is 2.01. The maximum absolute atomic E-state index is 13.1. The van der Waals surface area contributed by atoms with Crippen molar-refractivity contribution in [1.29, 1.82) is 0 Å². The molecule has 1 fully saturated rings. The van der Waals surface area contributed by atoms with Crippen molar-refractivity contribution in [1.82, 2.24) is 10.2 Å². The van der Waals surface area contributed by atoms with E-state index in [1.54, 1.807) is 6.07 Å². The van der Waals surface area contributed by atoms with Crippen LogP contribution in [0.25, 0.3) is 0 Å². The lowest BCUT2D eigenvalue weighted by atomic mass is 10.0. The van der Waals surface area contributed by atoms with Crippen molar-refractivity contribution in [2.75, 3.05) is 20.1 Å². The second-order valence-electron chi connectivity index (χ2n) is 4.68. The predicted molar refractivity (Wildman–Crippen MR) is 72.1 cm³/mol. The van der Waals surface area contributed by atoms with E-state index in [0.717, 1.165) is 25.9 Å². The monoisotopic (exact) mass is 314 g/mol. The van der Waals surface area contributed by atoms with E-state index in [1.807, 2.05) is 0 Å². The van der Waals surface area contributed by atoms with Crippen LogP contribution >= 0.6 is 15.9 Å². The highest BCUT2D eigenvalue weighted by Crippen LogP contribution is 2.18. The van der Waals surface area contributed by atoms with E-state index in [-0.39, 0.29) is 11.9 Å². The second kappa shape index (κ2) is 5.80. The van der Waals surface area contributed by atoms with E-state index < -0.39 is 5.82 Å². The second-order valence-corrected chi connectivity index (χ2v) is 5.53. The van der Waals surface area contributed by atoms with Crippen molar-refractivity contribution >= 4 is 21.8 Å². The smallest absolute Gasteiger partial charge is 0.252 e. The highest BCUT2D eigenvalue weighted by Gasteiger charge is 2.20. The van der Waals surface area contributed by atoms with Crippen LogP contribution in [0.15, 0.2) is 22.7 Å². The molecule has 1 amide bonds. The lowest BCUT2D eigenvalue weighted by Gasteiger charge is -2.29. The van der Waals surface area contributed by atoms with Crippen LogP contribution in [0.4, 0.5) is 4.39 Å². The van der Waals surface area contributed by atoms with Gasteiger partial charge in [-0.3, -0.25) is 4.79 Å². The highest BCUT2D eigenvalue weighted by molar-refractivity contribution is 9.10. The molecule has 1 heterocycles. The molecule has 0 bridgehead atoms. The summed E-state index contributed by atoms with van der Waals surface area (Å²) >= 11 is 3.27. The molecule has 0 unspecified atom stereocenters. The predicted octanol–water partition coefficient (Wildman–Crippen LogP) is 2.41. The average Bonchev–Trinajstić information content (AvgIpc) is 2.35. The van der Waals surface area contributed by atoms with Gasteiger partial charge in [-0.2, -0.15) is 0 Å². The first-order valence-corrected chi connectivity index (χ1v) is 6.80. The van der Waals surface area contributed by atoms with Gasteiger partial charge < -0.3 is 10.2 Å². The van der Waals surface area contributed by atoms with Gasteiger partial charge in [0.05, 0.1) is 5.56 Å². The van der Waals surface area contributed by atoms with E-state index in [9.17, 15) is 9.18 Å². The third-order valence-corrected chi connectivity index (χ3v) is 3.92. The van der Waals surface area contributed by atoms with Crippen molar-refractivity contribution < 1.29 is 9.18 Å². The van der Waals surface area contributed by atoms with Gasteiger partial charge in [-0.05, 0) is 67.1 Å². The summed E-state index contributed by atoms with van der Waals surface area (Å²) in [5.74, 6) is -0.609. The summed E-state index contributed by atoms with van der Waals surface area (Å²) in [5, 5.41) is 2.96. The normalized spacial score (nSPS) is 17.7. The first-order chi connectivity index (χ1) is 8.56.